The average molecular weight is 1400 g/mol. The summed E-state index contributed by atoms with van der Waals surface area (Å²) in [5, 5.41) is 14.4. The number of hydrogen-bond acceptors (Lipinski definition) is 24. The largest absolute Gasteiger partial charge is 0.382 e. The Balaban J connectivity index is 0.799. The Kier molecular flexibility index (Phi) is 29.6. The van der Waals surface area contributed by atoms with Crippen LogP contribution in [0.5, 0.6) is 0 Å². The Labute approximate surface area is 589 Å². The Morgan fingerprint density at radius 1 is 0.366 bits per heavy atom. The number of rotatable bonds is 49. The van der Waals surface area contributed by atoms with Crippen LogP contribution in [0, 0.1) is 0 Å². The average Bonchev–Trinajstić information content (AvgIpc) is 0.757. The molecule has 27 heteroatoms. The molecule has 9 rings (SSSR count). The first-order valence-electron chi connectivity index (χ1n) is 34.9. The number of carbonyl (C=O) groups is 6. The molecule has 9 N–H and O–H groups in total. The lowest BCUT2D eigenvalue weighted by Gasteiger charge is -2.35. The summed E-state index contributed by atoms with van der Waals surface area (Å²) < 4.78 is 71.8. The maximum Gasteiger partial charge on any atom is 0.282 e. The molecule has 5 unspecified atom stereocenters. The first-order valence-corrected chi connectivity index (χ1v) is 34.9. The fourth-order valence-corrected chi connectivity index (χ4v) is 12.1. The summed E-state index contributed by atoms with van der Waals surface area (Å²) in [5.41, 5.74) is 21.2. The van der Waals surface area contributed by atoms with Crippen molar-refractivity contribution in [3.05, 3.63) is 124 Å². The number of amides is 6. The van der Waals surface area contributed by atoms with Crippen molar-refractivity contribution in [2.24, 2.45) is 17.2 Å². The lowest BCUT2D eigenvalue weighted by Crippen LogP contribution is -2.44. The van der Waals surface area contributed by atoms with Gasteiger partial charge in [-0.3, -0.25) is 43.5 Å². The molecule has 3 heterocycles. The van der Waals surface area contributed by atoms with Gasteiger partial charge >= 0.3 is 0 Å². The van der Waals surface area contributed by atoms with Gasteiger partial charge in [-0.1, -0.05) is 43.3 Å². The molecule has 6 aromatic carbocycles. The first-order chi connectivity index (χ1) is 49.0. The van der Waals surface area contributed by atoms with Crippen LogP contribution >= 0.6 is 0 Å². The number of carbonyl (C=O) groups excluding carboxylic acids is 6. The van der Waals surface area contributed by atoms with Crippen LogP contribution < -0.4 is 33.2 Å². The third kappa shape index (κ3) is 19.9. The van der Waals surface area contributed by atoms with Crippen molar-refractivity contribution < 1.29 is 85.6 Å². The second-order valence-corrected chi connectivity index (χ2v) is 24.9. The van der Waals surface area contributed by atoms with Crippen LogP contribution in [0.4, 0.5) is 17.1 Å². The summed E-state index contributed by atoms with van der Waals surface area (Å²) in [6.45, 7) is 18.2. The van der Waals surface area contributed by atoms with E-state index >= 15 is 0 Å². The molecule has 548 valence electrons. The van der Waals surface area contributed by atoms with E-state index in [1.165, 1.54) is 14.7 Å². The number of anilines is 3. The zero-order chi connectivity index (χ0) is 71.8. The predicted octanol–water partition coefficient (Wildman–Crippen LogP) is 6.65. The van der Waals surface area contributed by atoms with Gasteiger partial charge in [-0.25, -0.2) is 0 Å². The molecular formula is C74H99N9O18. The maximum atomic E-state index is 13.8. The van der Waals surface area contributed by atoms with E-state index in [9.17, 15) is 28.8 Å². The maximum absolute atomic E-state index is 13.8. The Morgan fingerprint density at radius 3 is 1.01 bits per heavy atom. The highest BCUT2D eigenvalue weighted by molar-refractivity contribution is 6.29. The molecule has 101 heavy (non-hydrogen) atoms. The van der Waals surface area contributed by atoms with Gasteiger partial charge in [0.05, 0.1) is 157 Å². The van der Waals surface area contributed by atoms with E-state index in [2.05, 4.69) is 16.0 Å². The number of nitrogens with zero attached hydrogens (tertiary/aromatic N) is 3. The van der Waals surface area contributed by atoms with E-state index < -0.39 is 24.3 Å². The lowest BCUT2D eigenvalue weighted by atomic mass is 9.93. The molecule has 0 saturated carbocycles. The minimum Gasteiger partial charge on any atom is -0.382 e. The smallest absolute Gasteiger partial charge is 0.282 e. The molecule has 3 aliphatic heterocycles. The highest BCUT2D eigenvalue weighted by atomic mass is 16.9. The standard InChI is InChI=1S/C74H99N9O18/c1-7-74(99-45-50(4)96-33-26-78-62-20-17-59-65-53(62)11-8-14-56(65)68(84)81(71(59)87)27-34-93-40-37-90-30-23-75,100-46-51(5)97-43-48(2)79-63-21-18-60-66-54(63)12-9-15-57(66)69(85)82(72(60)88)28-35-94-41-38-91-31-24-76)101-47-52(6)98-44-49(3)80-64-22-19-61-67-55(64)13-10-16-58(67)70(86)83(73(61)89)29-36-95-42-39-92-32-25-77/h8-22,48-52,78-80H,7,23-47,75-77H2,1-6H3. The van der Waals surface area contributed by atoms with Gasteiger partial charge in [0.1, 0.15) is 0 Å². The molecule has 6 aromatic rings. The van der Waals surface area contributed by atoms with Gasteiger partial charge in [-0.05, 0) is 89.2 Å². The second kappa shape index (κ2) is 38.5. The first kappa shape index (κ1) is 77.5. The molecule has 27 nitrogen and oxygen atoms in total. The summed E-state index contributed by atoms with van der Waals surface area (Å²) in [6, 6.07) is 26.5. The molecule has 0 aromatic heterocycles. The number of benzene rings is 6. The minimum atomic E-state index is -1.57. The van der Waals surface area contributed by atoms with Crippen molar-refractivity contribution in [2.75, 3.05) is 181 Å². The van der Waals surface area contributed by atoms with E-state index in [0.29, 0.717) is 135 Å². The van der Waals surface area contributed by atoms with Crippen LogP contribution in [-0.2, 0) is 56.8 Å². The lowest BCUT2D eigenvalue weighted by molar-refractivity contribution is -0.393. The van der Waals surface area contributed by atoms with Gasteiger partial charge in [0.15, 0.2) is 0 Å². The normalized spacial score (nSPS) is 15.8. The quantitative estimate of drug-likeness (QED) is 0.0132. The van der Waals surface area contributed by atoms with Crippen LogP contribution in [0.2, 0.25) is 0 Å². The molecule has 5 atom stereocenters. The Hall–Kier alpha value is -7.68. The monoisotopic (exact) mass is 1400 g/mol. The molecule has 0 spiro atoms. The Morgan fingerprint density at radius 2 is 0.673 bits per heavy atom. The van der Waals surface area contributed by atoms with Crippen LogP contribution in [0.3, 0.4) is 0 Å². The van der Waals surface area contributed by atoms with Crippen LogP contribution in [0.15, 0.2) is 91.0 Å². The summed E-state index contributed by atoms with van der Waals surface area (Å²) >= 11 is 0. The molecule has 0 fully saturated rings. The number of nitrogens with two attached hydrogens (primary N) is 3. The van der Waals surface area contributed by atoms with Crippen LogP contribution in [0.1, 0.15) is 110 Å². The zero-order valence-corrected chi connectivity index (χ0v) is 58.9. The predicted molar refractivity (Wildman–Crippen MR) is 382 cm³/mol. The molecule has 6 amide bonds. The van der Waals surface area contributed by atoms with E-state index in [0.717, 1.165) is 33.2 Å². The van der Waals surface area contributed by atoms with Crippen molar-refractivity contribution in [1.82, 2.24) is 14.7 Å². The number of ether oxygens (including phenoxy) is 12. The Bertz CT molecular complexity index is 3560. The summed E-state index contributed by atoms with van der Waals surface area (Å²) in [7, 11) is 0. The van der Waals surface area contributed by atoms with E-state index in [4.69, 9.17) is 74.0 Å². The molecular weight excluding hydrogens is 1300 g/mol. The highest BCUT2D eigenvalue weighted by Crippen LogP contribution is 2.38. The summed E-state index contributed by atoms with van der Waals surface area (Å²) in [6.07, 6.45) is -1.09. The fraction of sp³-hybridized carbons (Fsp3) is 0.514. The third-order valence-electron chi connectivity index (χ3n) is 17.2. The molecule has 0 bridgehead atoms. The van der Waals surface area contributed by atoms with E-state index in [1.54, 1.807) is 54.6 Å². The van der Waals surface area contributed by atoms with Crippen molar-refractivity contribution in [3.63, 3.8) is 0 Å². The highest BCUT2D eigenvalue weighted by Gasteiger charge is 2.38. The van der Waals surface area contributed by atoms with Gasteiger partial charge in [0.2, 0.25) is 0 Å². The van der Waals surface area contributed by atoms with Crippen molar-refractivity contribution >= 4 is 84.8 Å². The van der Waals surface area contributed by atoms with Gasteiger partial charge in [-0.2, -0.15) is 0 Å². The SMILES string of the molecule is CCC(OCC(C)OCCNc1ccc2c3c(cccc13)C(=O)N(CCOCCOCCN)C2=O)(OCC(C)OCC(C)Nc1ccc2c3c(cccc13)C(=O)N(CCOCCOCCN)C2=O)OCC(C)OCC(C)Nc1ccc2c3c(cccc13)C(=O)N(CCOCCOCCN)C2=O. The van der Waals surface area contributed by atoms with Crippen LogP contribution in [0.25, 0.3) is 32.3 Å². The van der Waals surface area contributed by atoms with Crippen molar-refractivity contribution in [2.45, 2.75) is 84.3 Å². The topological polar surface area (TPSA) is 337 Å². The van der Waals surface area contributed by atoms with Gasteiger partial charge in [0, 0.05) is 127 Å². The van der Waals surface area contributed by atoms with Crippen molar-refractivity contribution in [3.8, 4) is 0 Å². The molecule has 3 aliphatic rings. The molecule has 0 saturated heterocycles. The fourth-order valence-electron chi connectivity index (χ4n) is 12.1. The number of hydrogen-bond donors (Lipinski definition) is 6. The minimum absolute atomic E-state index is 0.0680. The molecule has 0 aliphatic carbocycles. The van der Waals surface area contributed by atoms with E-state index in [-0.39, 0.29) is 133 Å². The summed E-state index contributed by atoms with van der Waals surface area (Å²) in [5.74, 6) is -3.90. The summed E-state index contributed by atoms with van der Waals surface area (Å²) in [4.78, 5) is 86.1. The number of nitrogens with one attached hydrogen (secondary N) is 3. The third-order valence-corrected chi connectivity index (χ3v) is 17.2. The van der Waals surface area contributed by atoms with Crippen molar-refractivity contribution in [1.29, 1.82) is 0 Å². The second-order valence-electron chi connectivity index (χ2n) is 24.9. The molecule has 0 radical (unpaired) electrons. The zero-order valence-electron chi connectivity index (χ0n) is 58.9. The van der Waals surface area contributed by atoms with Gasteiger partial charge in [0.25, 0.3) is 41.4 Å². The van der Waals surface area contributed by atoms with Gasteiger partial charge in [-0.15, -0.1) is 0 Å². The van der Waals surface area contributed by atoms with Gasteiger partial charge < -0.3 is 90.0 Å². The van der Waals surface area contributed by atoms with Crippen LogP contribution in [-0.4, -0.2) is 251 Å². The van der Waals surface area contributed by atoms with E-state index in [1.807, 2.05) is 77.9 Å². The number of imide groups is 3.